The molecular weight excluding hydrogens is 997 g/mol. The Labute approximate surface area is 497 Å². The van der Waals surface area contributed by atoms with Crippen molar-refractivity contribution in [1.29, 1.82) is 0 Å². The molecule has 6 nitrogen and oxygen atoms in total. The van der Waals surface area contributed by atoms with Crippen molar-refractivity contribution in [3.8, 4) is 0 Å². The molecule has 0 rings (SSSR count). The number of ether oxygens (including phenoxy) is 3. The maximum Gasteiger partial charge on any atom is 0.306 e. The maximum atomic E-state index is 12.9. The topological polar surface area (TPSA) is 78.9 Å². The standard InChI is InChI=1S/C75H114O6/c1-4-7-10-13-16-19-22-25-27-29-31-32-33-34-35-36-37-38-39-40-41-42-44-45-47-50-53-56-59-62-65-68-74(77)80-71-72(70-79-73(76)67-64-61-58-55-52-49-24-21-18-15-12-9-6-3)81-75(78)69-66-63-60-57-54-51-48-46-43-30-28-26-23-20-17-14-11-8-5-2/h7-12,16-21,25-28,31-32,34-35,37-38,40-41,43-46,49,51-52,54,72H,4-6,13-15,22-24,29-30,33,36,39,42,47-48,50,53,55-71H2,1-3H3/b10-7-,11-8-,12-9-,19-16-,20-17-,21-18-,27-25-,28-26-,32-31-,35-34-,38-37-,41-40-,45-44-,46-43-,52-49-,54-51-. The summed E-state index contributed by atoms with van der Waals surface area (Å²) in [5, 5.41) is 0. The molecule has 6 heteroatoms. The van der Waals surface area contributed by atoms with Gasteiger partial charge in [-0.3, -0.25) is 14.4 Å². The van der Waals surface area contributed by atoms with Gasteiger partial charge < -0.3 is 14.2 Å². The normalized spacial score (nSPS) is 13.5. The maximum absolute atomic E-state index is 12.9. The van der Waals surface area contributed by atoms with E-state index in [9.17, 15) is 14.4 Å². The Morgan fingerprint density at radius 2 is 0.444 bits per heavy atom. The molecule has 81 heavy (non-hydrogen) atoms. The van der Waals surface area contributed by atoms with Crippen LogP contribution in [0.4, 0.5) is 0 Å². The third-order valence-electron chi connectivity index (χ3n) is 12.6. The molecule has 0 aromatic carbocycles. The van der Waals surface area contributed by atoms with Gasteiger partial charge in [0.2, 0.25) is 0 Å². The smallest absolute Gasteiger partial charge is 0.306 e. The van der Waals surface area contributed by atoms with Gasteiger partial charge >= 0.3 is 17.9 Å². The van der Waals surface area contributed by atoms with E-state index in [-0.39, 0.29) is 37.5 Å². The average molecular weight is 1110 g/mol. The summed E-state index contributed by atoms with van der Waals surface area (Å²) in [4.78, 5) is 38.3. The fourth-order valence-corrected chi connectivity index (χ4v) is 7.91. The molecule has 450 valence electrons. The highest BCUT2D eigenvalue weighted by Crippen LogP contribution is 2.13. The Morgan fingerprint density at radius 3 is 0.704 bits per heavy atom. The molecule has 0 N–H and O–H groups in total. The number of allylic oxidation sites excluding steroid dienone is 32. The summed E-state index contributed by atoms with van der Waals surface area (Å²) in [5.41, 5.74) is 0. The summed E-state index contributed by atoms with van der Waals surface area (Å²) in [5.74, 6) is -1.01. The molecule has 0 radical (unpaired) electrons. The summed E-state index contributed by atoms with van der Waals surface area (Å²) in [6.07, 6.45) is 102. The molecule has 0 bridgehead atoms. The first kappa shape index (κ1) is 75.2. The minimum absolute atomic E-state index is 0.119. The van der Waals surface area contributed by atoms with Crippen molar-refractivity contribution in [3.05, 3.63) is 194 Å². The zero-order chi connectivity index (χ0) is 58.5. The number of carbonyl (C=O) groups is 3. The highest BCUT2D eigenvalue weighted by molar-refractivity contribution is 5.71. The molecule has 1 atom stereocenters. The van der Waals surface area contributed by atoms with E-state index in [1.54, 1.807) is 0 Å². The first-order valence-corrected chi connectivity index (χ1v) is 31.9. The largest absolute Gasteiger partial charge is 0.462 e. The summed E-state index contributed by atoms with van der Waals surface area (Å²) in [6, 6.07) is 0. The zero-order valence-electron chi connectivity index (χ0n) is 51.5. The molecule has 0 aliphatic rings. The van der Waals surface area contributed by atoms with Gasteiger partial charge in [0, 0.05) is 19.3 Å². The van der Waals surface area contributed by atoms with E-state index < -0.39 is 6.10 Å². The van der Waals surface area contributed by atoms with Crippen molar-refractivity contribution in [2.45, 2.75) is 245 Å². The van der Waals surface area contributed by atoms with Crippen molar-refractivity contribution < 1.29 is 28.6 Å². The van der Waals surface area contributed by atoms with Gasteiger partial charge in [-0.1, -0.05) is 254 Å². The number of carbonyl (C=O) groups excluding carboxylic acids is 3. The number of unbranched alkanes of at least 4 members (excludes halogenated alkanes) is 12. The fourth-order valence-electron chi connectivity index (χ4n) is 7.91. The Morgan fingerprint density at radius 1 is 0.247 bits per heavy atom. The molecule has 0 aromatic heterocycles. The second kappa shape index (κ2) is 66.8. The van der Waals surface area contributed by atoms with E-state index in [0.717, 1.165) is 180 Å². The SMILES string of the molecule is CC/C=C\C/C=C\C/C=C\C/C=C\C/C=C\C/C=C\C/C=C\C/C=C\CCCCCCCCC(=O)OCC(COC(=O)CCCCC/C=C\C/C=C\C/C=C\CC)OC(=O)CCCCC/C=C\C/C=C\C/C=C\C/C=C\C/C=C\CC. The van der Waals surface area contributed by atoms with Gasteiger partial charge in [0.1, 0.15) is 13.2 Å². The molecule has 1 unspecified atom stereocenters. The van der Waals surface area contributed by atoms with Gasteiger partial charge in [-0.2, -0.15) is 0 Å². The van der Waals surface area contributed by atoms with Crippen LogP contribution < -0.4 is 0 Å². The van der Waals surface area contributed by atoms with Crippen LogP contribution in [-0.4, -0.2) is 37.2 Å². The van der Waals surface area contributed by atoms with Gasteiger partial charge in [-0.25, -0.2) is 0 Å². The molecule has 0 aliphatic carbocycles. The minimum Gasteiger partial charge on any atom is -0.462 e. The van der Waals surface area contributed by atoms with Gasteiger partial charge in [0.15, 0.2) is 6.10 Å². The van der Waals surface area contributed by atoms with Crippen LogP contribution in [0, 0.1) is 0 Å². The molecule has 0 aliphatic heterocycles. The first-order chi connectivity index (χ1) is 40.0. The Balaban J connectivity index is 4.44. The zero-order valence-corrected chi connectivity index (χ0v) is 51.5. The molecule has 0 fully saturated rings. The number of hydrogen-bond donors (Lipinski definition) is 0. The molecule has 0 saturated heterocycles. The fraction of sp³-hybridized carbons (Fsp3) is 0.533. The lowest BCUT2D eigenvalue weighted by Gasteiger charge is -2.18. The molecule has 0 spiro atoms. The van der Waals surface area contributed by atoms with Crippen molar-refractivity contribution >= 4 is 17.9 Å². The lowest BCUT2D eigenvalue weighted by molar-refractivity contribution is -0.167. The summed E-state index contributed by atoms with van der Waals surface area (Å²) >= 11 is 0. The summed E-state index contributed by atoms with van der Waals surface area (Å²) < 4.78 is 16.8. The van der Waals surface area contributed by atoms with Crippen LogP contribution in [0.25, 0.3) is 0 Å². The van der Waals surface area contributed by atoms with Crippen LogP contribution in [0.15, 0.2) is 194 Å². The Hall–Kier alpha value is -5.75. The first-order valence-electron chi connectivity index (χ1n) is 31.9. The van der Waals surface area contributed by atoms with Crippen LogP contribution in [-0.2, 0) is 28.6 Å². The third kappa shape index (κ3) is 64.9. The molecule has 0 amide bonds. The highest BCUT2D eigenvalue weighted by atomic mass is 16.6. The molecule has 0 saturated carbocycles. The van der Waals surface area contributed by atoms with Crippen LogP contribution in [0.5, 0.6) is 0 Å². The van der Waals surface area contributed by atoms with Crippen LogP contribution in [0.2, 0.25) is 0 Å². The predicted octanol–water partition coefficient (Wildman–Crippen LogP) is 22.2. The van der Waals surface area contributed by atoms with Crippen molar-refractivity contribution in [2.24, 2.45) is 0 Å². The van der Waals surface area contributed by atoms with E-state index in [4.69, 9.17) is 14.2 Å². The summed E-state index contributed by atoms with van der Waals surface area (Å²) in [7, 11) is 0. The van der Waals surface area contributed by atoms with Gasteiger partial charge in [-0.15, -0.1) is 0 Å². The second-order valence-corrected chi connectivity index (χ2v) is 20.2. The minimum atomic E-state index is -0.827. The second-order valence-electron chi connectivity index (χ2n) is 20.2. The van der Waals surface area contributed by atoms with E-state index in [1.807, 2.05) is 0 Å². The lowest BCUT2D eigenvalue weighted by atomic mass is 10.1. The van der Waals surface area contributed by atoms with Crippen molar-refractivity contribution in [2.75, 3.05) is 13.2 Å². The number of rotatable bonds is 55. The predicted molar refractivity (Wildman–Crippen MR) is 352 cm³/mol. The van der Waals surface area contributed by atoms with Gasteiger partial charge in [0.25, 0.3) is 0 Å². The number of esters is 3. The number of hydrogen-bond acceptors (Lipinski definition) is 6. The van der Waals surface area contributed by atoms with Crippen molar-refractivity contribution in [1.82, 2.24) is 0 Å². The molecule has 0 aromatic rings. The summed E-state index contributed by atoms with van der Waals surface area (Å²) in [6.45, 7) is 6.21. The van der Waals surface area contributed by atoms with Crippen molar-refractivity contribution in [3.63, 3.8) is 0 Å². The quantitative estimate of drug-likeness (QED) is 0.0261. The lowest BCUT2D eigenvalue weighted by Crippen LogP contribution is -2.30. The van der Waals surface area contributed by atoms with Gasteiger partial charge in [0.05, 0.1) is 0 Å². The Kier molecular flexibility index (Phi) is 62.0. The molecular formula is C75H114O6. The third-order valence-corrected chi connectivity index (χ3v) is 12.6. The van der Waals surface area contributed by atoms with Gasteiger partial charge in [-0.05, 0) is 161 Å². The van der Waals surface area contributed by atoms with E-state index in [1.165, 1.54) is 12.8 Å². The monoisotopic (exact) mass is 1110 g/mol. The Bertz CT molecular complexity index is 1950. The highest BCUT2D eigenvalue weighted by Gasteiger charge is 2.19. The average Bonchev–Trinajstić information content (AvgIpc) is 3.46. The van der Waals surface area contributed by atoms with E-state index in [0.29, 0.717) is 19.3 Å². The van der Waals surface area contributed by atoms with Crippen LogP contribution in [0.3, 0.4) is 0 Å². The van der Waals surface area contributed by atoms with Crippen LogP contribution >= 0.6 is 0 Å². The van der Waals surface area contributed by atoms with Crippen LogP contribution in [0.1, 0.15) is 239 Å². The molecule has 0 heterocycles. The van der Waals surface area contributed by atoms with E-state index >= 15 is 0 Å². The van der Waals surface area contributed by atoms with E-state index in [2.05, 4.69) is 215 Å².